The minimum atomic E-state index is -0.355. The van der Waals surface area contributed by atoms with Gasteiger partial charge in [0.2, 0.25) is 0 Å². The second kappa shape index (κ2) is 7.63. The first-order valence-electron chi connectivity index (χ1n) is 9.03. The number of carbonyl (C=O) groups is 1. The minimum absolute atomic E-state index is 0.355. The molecule has 0 amide bonds. The summed E-state index contributed by atoms with van der Waals surface area (Å²) in [5, 5.41) is 3.29. The summed E-state index contributed by atoms with van der Waals surface area (Å²) in [4.78, 5) is 20.8. The van der Waals surface area contributed by atoms with Crippen molar-refractivity contribution in [1.29, 1.82) is 0 Å². The molecule has 0 aliphatic rings. The summed E-state index contributed by atoms with van der Waals surface area (Å²) in [5.41, 5.74) is 4.83. The van der Waals surface area contributed by atoms with Crippen LogP contribution in [0.2, 0.25) is 0 Å². The van der Waals surface area contributed by atoms with E-state index in [9.17, 15) is 4.79 Å². The Morgan fingerprint density at radius 2 is 1.86 bits per heavy atom. The van der Waals surface area contributed by atoms with Gasteiger partial charge < -0.3 is 14.8 Å². The molecule has 4 rings (SSSR count). The van der Waals surface area contributed by atoms with Gasteiger partial charge in [-0.15, -0.1) is 0 Å². The van der Waals surface area contributed by atoms with Gasteiger partial charge in [0, 0.05) is 23.6 Å². The van der Waals surface area contributed by atoms with Crippen LogP contribution in [0.25, 0.3) is 16.9 Å². The molecule has 0 bridgehead atoms. The van der Waals surface area contributed by atoms with Crippen molar-refractivity contribution >= 4 is 23.1 Å². The Morgan fingerprint density at radius 3 is 2.55 bits per heavy atom. The Bertz CT molecular complexity index is 1180. The number of aromatic nitrogens is 3. The fraction of sp³-hybridized carbons (Fsp3) is 0.136. The van der Waals surface area contributed by atoms with Crippen LogP contribution in [-0.4, -0.2) is 34.6 Å². The lowest BCUT2D eigenvalue weighted by atomic mass is 10.1. The lowest BCUT2D eigenvalue weighted by Gasteiger charge is -2.10. The van der Waals surface area contributed by atoms with Gasteiger partial charge in [-0.2, -0.15) is 0 Å². The number of nitrogens with zero attached hydrogens (tertiary/aromatic N) is 3. The van der Waals surface area contributed by atoms with Gasteiger partial charge in [-0.3, -0.25) is 4.40 Å². The first-order chi connectivity index (χ1) is 14.1. The molecule has 0 fully saturated rings. The molecule has 2 aromatic carbocycles. The molecule has 7 nitrogen and oxygen atoms in total. The predicted octanol–water partition coefficient (Wildman–Crippen LogP) is 4.24. The van der Waals surface area contributed by atoms with Crippen molar-refractivity contribution in [1.82, 2.24) is 14.4 Å². The highest BCUT2D eigenvalue weighted by molar-refractivity contribution is 5.91. The zero-order chi connectivity index (χ0) is 20.4. The Labute approximate surface area is 168 Å². The second-order valence-electron chi connectivity index (χ2n) is 6.49. The predicted molar refractivity (Wildman–Crippen MR) is 111 cm³/mol. The van der Waals surface area contributed by atoms with Crippen LogP contribution in [0.1, 0.15) is 15.9 Å². The van der Waals surface area contributed by atoms with E-state index >= 15 is 0 Å². The van der Waals surface area contributed by atoms with Crippen LogP contribution in [0.5, 0.6) is 5.75 Å². The highest BCUT2D eigenvalue weighted by Crippen LogP contribution is 2.27. The fourth-order valence-electron chi connectivity index (χ4n) is 3.20. The number of ether oxygens (including phenoxy) is 2. The normalized spacial score (nSPS) is 10.7. The van der Waals surface area contributed by atoms with E-state index in [1.165, 1.54) is 7.11 Å². The van der Waals surface area contributed by atoms with Crippen LogP contribution in [0, 0.1) is 6.92 Å². The van der Waals surface area contributed by atoms with Gasteiger partial charge >= 0.3 is 5.97 Å². The lowest BCUT2D eigenvalue weighted by Crippen LogP contribution is -2.04. The number of fused-ring (bicyclic) bond motifs is 1. The van der Waals surface area contributed by atoms with Gasteiger partial charge in [0.15, 0.2) is 11.5 Å². The Morgan fingerprint density at radius 1 is 1.07 bits per heavy atom. The first kappa shape index (κ1) is 18.5. The van der Waals surface area contributed by atoms with Crippen molar-refractivity contribution in [3.8, 4) is 17.0 Å². The van der Waals surface area contributed by atoms with Crippen molar-refractivity contribution in [3.05, 3.63) is 72.2 Å². The minimum Gasteiger partial charge on any atom is -0.497 e. The topological polar surface area (TPSA) is 77.8 Å². The maximum absolute atomic E-state index is 11.8. The molecule has 0 unspecified atom stereocenters. The van der Waals surface area contributed by atoms with Crippen LogP contribution in [0.3, 0.4) is 0 Å². The SMILES string of the molecule is COC(=O)c1ccc(Nc2nccn3c(-c4ccc(OC)cc4)cnc23)cc1C. The Balaban J connectivity index is 1.68. The molecule has 2 heterocycles. The summed E-state index contributed by atoms with van der Waals surface area (Å²) in [6.07, 6.45) is 5.41. The molecule has 146 valence electrons. The number of hydrogen-bond donors (Lipinski definition) is 1. The molecule has 4 aromatic rings. The average molecular weight is 388 g/mol. The van der Waals surface area contributed by atoms with Crippen LogP contribution < -0.4 is 10.1 Å². The fourth-order valence-corrected chi connectivity index (χ4v) is 3.20. The number of carbonyl (C=O) groups excluding carboxylic acids is 1. The van der Waals surface area contributed by atoms with Gasteiger partial charge in [0.05, 0.1) is 31.7 Å². The number of hydrogen-bond acceptors (Lipinski definition) is 6. The summed E-state index contributed by atoms with van der Waals surface area (Å²) in [6, 6.07) is 13.2. The Kier molecular flexibility index (Phi) is 4.87. The molecule has 7 heteroatoms. The molecule has 2 aromatic heterocycles. The highest BCUT2D eigenvalue weighted by atomic mass is 16.5. The zero-order valence-corrected chi connectivity index (χ0v) is 16.3. The monoisotopic (exact) mass is 388 g/mol. The Hall–Kier alpha value is -3.87. The first-order valence-corrected chi connectivity index (χ1v) is 9.03. The molecule has 0 saturated heterocycles. The number of nitrogens with one attached hydrogen (secondary N) is 1. The number of methoxy groups -OCH3 is 2. The molecule has 0 aliphatic carbocycles. The van der Waals surface area contributed by atoms with Crippen molar-refractivity contribution in [2.75, 3.05) is 19.5 Å². The summed E-state index contributed by atoms with van der Waals surface area (Å²) in [7, 11) is 3.02. The van der Waals surface area contributed by atoms with Gasteiger partial charge in [0.1, 0.15) is 5.75 Å². The molecule has 0 spiro atoms. The van der Waals surface area contributed by atoms with Gasteiger partial charge in [-0.05, 0) is 55.0 Å². The molecule has 0 saturated carbocycles. The maximum Gasteiger partial charge on any atom is 0.338 e. The number of imidazole rings is 1. The van der Waals surface area contributed by atoms with Crippen LogP contribution in [-0.2, 0) is 4.74 Å². The van der Waals surface area contributed by atoms with E-state index in [0.717, 1.165) is 28.3 Å². The number of esters is 1. The third-order valence-corrected chi connectivity index (χ3v) is 4.71. The van der Waals surface area contributed by atoms with Crippen molar-refractivity contribution < 1.29 is 14.3 Å². The maximum atomic E-state index is 11.8. The molecular formula is C22H20N4O3. The smallest absolute Gasteiger partial charge is 0.338 e. The van der Waals surface area contributed by atoms with Crippen LogP contribution in [0.15, 0.2) is 61.1 Å². The van der Waals surface area contributed by atoms with Gasteiger partial charge in [-0.25, -0.2) is 14.8 Å². The molecule has 0 aliphatic heterocycles. The van der Waals surface area contributed by atoms with E-state index in [0.29, 0.717) is 17.0 Å². The van der Waals surface area contributed by atoms with E-state index in [2.05, 4.69) is 15.3 Å². The van der Waals surface area contributed by atoms with Gasteiger partial charge in [-0.1, -0.05) is 0 Å². The van der Waals surface area contributed by atoms with Crippen molar-refractivity contribution in [2.24, 2.45) is 0 Å². The van der Waals surface area contributed by atoms with Crippen molar-refractivity contribution in [2.45, 2.75) is 6.92 Å². The van der Waals surface area contributed by atoms with E-state index in [4.69, 9.17) is 9.47 Å². The van der Waals surface area contributed by atoms with E-state index in [1.807, 2.05) is 60.1 Å². The molecular weight excluding hydrogens is 368 g/mol. The quantitative estimate of drug-likeness (QED) is 0.515. The summed E-state index contributed by atoms with van der Waals surface area (Å²) in [5.74, 6) is 1.07. The lowest BCUT2D eigenvalue weighted by molar-refractivity contribution is 0.0600. The van der Waals surface area contributed by atoms with E-state index < -0.39 is 0 Å². The molecule has 0 radical (unpaired) electrons. The number of benzene rings is 2. The second-order valence-corrected chi connectivity index (χ2v) is 6.49. The van der Waals surface area contributed by atoms with Crippen LogP contribution in [0.4, 0.5) is 11.5 Å². The summed E-state index contributed by atoms with van der Waals surface area (Å²) < 4.78 is 12.0. The number of aryl methyl sites for hydroxylation is 1. The third-order valence-electron chi connectivity index (χ3n) is 4.71. The standard InChI is InChI=1S/C22H20N4O3/c1-14-12-16(6-9-18(14)22(27)29-3)25-20-21-24-13-19(26(21)11-10-23-20)15-4-7-17(28-2)8-5-15/h4-13H,1-3H3,(H,23,25). The number of anilines is 2. The summed E-state index contributed by atoms with van der Waals surface area (Å²) >= 11 is 0. The summed E-state index contributed by atoms with van der Waals surface area (Å²) in [6.45, 7) is 1.86. The van der Waals surface area contributed by atoms with Gasteiger partial charge in [0.25, 0.3) is 0 Å². The van der Waals surface area contributed by atoms with E-state index in [-0.39, 0.29) is 5.97 Å². The molecule has 29 heavy (non-hydrogen) atoms. The largest absolute Gasteiger partial charge is 0.497 e. The molecule has 1 N–H and O–H groups in total. The third kappa shape index (κ3) is 3.50. The molecule has 0 atom stereocenters. The highest BCUT2D eigenvalue weighted by Gasteiger charge is 2.13. The zero-order valence-electron chi connectivity index (χ0n) is 16.3. The van der Waals surface area contributed by atoms with Crippen LogP contribution >= 0.6 is 0 Å². The average Bonchev–Trinajstić information content (AvgIpc) is 3.18. The van der Waals surface area contributed by atoms with Crippen molar-refractivity contribution in [3.63, 3.8) is 0 Å². The number of rotatable bonds is 5. The van der Waals surface area contributed by atoms with E-state index in [1.54, 1.807) is 19.4 Å².